The van der Waals surface area contributed by atoms with Crippen molar-refractivity contribution in [1.29, 1.82) is 0 Å². The van der Waals surface area contributed by atoms with E-state index in [2.05, 4.69) is 27.8 Å². The Balaban J connectivity index is 2.11. The maximum absolute atomic E-state index is 10.9. The summed E-state index contributed by atoms with van der Waals surface area (Å²) >= 11 is 3.20. The first-order chi connectivity index (χ1) is 8.97. The molecule has 0 saturated carbocycles. The number of nitrogens with two attached hydrogens (primary N) is 1. The molecule has 2 rings (SSSR count). The van der Waals surface area contributed by atoms with Gasteiger partial charge in [0.05, 0.1) is 9.40 Å². The van der Waals surface area contributed by atoms with Crippen molar-refractivity contribution < 1.29 is 4.92 Å². The lowest BCUT2D eigenvalue weighted by atomic mass is 9.98. The number of likely N-dealkylation sites (tertiary alicyclic amines) is 1. The highest BCUT2D eigenvalue weighted by molar-refractivity contribution is 9.10. The molecule has 2 atom stereocenters. The first-order valence-electron chi connectivity index (χ1n) is 6.40. The Bertz CT molecular complexity index is 481. The number of nitro groups is 1. The van der Waals surface area contributed by atoms with Gasteiger partial charge in [-0.3, -0.25) is 15.0 Å². The summed E-state index contributed by atoms with van der Waals surface area (Å²) in [5.41, 5.74) is 7.04. The molecule has 1 heterocycles. The number of benzene rings is 1. The standard InChI is InChI=1S/C13H18BrN3O2/c1-9-6-11(15)4-5-16(9)8-10-2-3-12(14)13(7-10)17(18)19/h2-3,7,9,11H,4-6,8,15H2,1H3. The second-order valence-corrected chi connectivity index (χ2v) is 6.00. The molecular weight excluding hydrogens is 310 g/mol. The van der Waals surface area contributed by atoms with Crippen molar-refractivity contribution in [1.82, 2.24) is 4.90 Å². The summed E-state index contributed by atoms with van der Waals surface area (Å²) in [6.07, 6.45) is 1.97. The Morgan fingerprint density at radius 2 is 2.32 bits per heavy atom. The van der Waals surface area contributed by atoms with Crippen molar-refractivity contribution in [3.05, 3.63) is 38.3 Å². The van der Waals surface area contributed by atoms with E-state index in [9.17, 15) is 10.1 Å². The van der Waals surface area contributed by atoms with Gasteiger partial charge in [-0.15, -0.1) is 0 Å². The SMILES string of the molecule is CC1CC(N)CCN1Cc1ccc(Br)c([N+](=O)[O-])c1. The number of halogens is 1. The lowest BCUT2D eigenvalue weighted by molar-refractivity contribution is -0.385. The van der Waals surface area contributed by atoms with Gasteiger partial charge in [0, 0.05) is 31.2 Å². The van der Waals surface area contributed by atoms with Crippen molar-refractivity contribution in [2.24, 2.45) is 5.73 Å². The zero-order valence-corrected chi connectivity index (χ0v) is 12.5. The van der Waals surface area contributed by atoms with Crippen LogP contribution in [0.1, 0.15) is 25.3 Å². The van der Waals surface area contributed by atoms with Crippen LogP contribution in [0.5, 0.6) is 0 Å². The number of hydrogen-bond acceptors (Lipinski definition) is 4. The molecule has 5 nitrogen and oxygen atoms in total. The second kappa shape index (κ2) is 5.98. The van der Waals surface area contributed by atoms with E-state index >= 15 is 0 Å². The zero-order chi connectivity index (χ0) is 14.0. The lowest BCUT2D eigenvalue weighted by Crippen LogP contribution is -2.44. The molecule has 0 spiro atoms. The number of rotatable bonds is 3. The van der Waals surface area contributed by atoms with Crippen molar-refractivity contribution in [2.75, 3.05) is 6.54 Å². The van der Waals surface area contributed by atoms with Crippen LogP contribution in [0, 0.1) is 10.1 Å². The van der Waals surface area contributed by atoms with Crippen molar-refractivity contribution >= 4 is 21.6 Å². The first kappa shape index (κ1) is 14.4. The van der Waals surface area contributed by atoms with Gasteiger partial charge in [-0.1, -0.05) is 6.07 Å². The van der Waals surface area contributed by atoms with Crippen LogP contribution in [-0.2, 0) is 6.54 Å². The van der Waals surface area contributed by atoms with Gasteiger partial charge in [0.2, 0.25) is 0 Å². The van der Waals surface area contributed by atoms with Crippen LogP contribution in [-0.4, -0.2) is 28.5 Å². The minimum atomic E-state index is -0.358. The third-order valence-electron chi connectivity index (χ3n) is 3.65. The molecule has 0 amide bonds. The van der Waals surface area contributed by atoms with Gasteiger partial charge in [0.1, 0.15) is 0 Å². The number of nitro benzene ring substituents is 1. The van der Waals surface area contributed by atoms with Gasteiger partial charge < -0.3 is 5.73 Å². The summed E-state index contributed by atoms with van der Waals surface area (Å²) in [7, 11) is 0. The van der Waals surface area contributed by atoms with Gasteiger partial charge in [-0.05, 0) is 47.3 Å². The Hall–Kier alpha value is -0.980. The molecule has 2 unspecified atom stereocenters. The average molecular weight is 328 g/mol. The van der Waals surface area contributed by atoms with Crippen LogP contribution in [0.4, 0.5) is 5.69 Å². The van der Waals surface area contributed by atoms with E-state index in [4.69, 9.17) is 5.73 Å². The highest BCUT2D eigenvalue weighted by Gasteiger charge is 2.23. The van der Waals surface area contributed by atoms with E-state index in [1.54, 1.807) is 12.1 Å². The molecule has 0 aromatic heterocycles. The van der Waals surface area contributed by atoms with E-state index in [-0.39, 0.29) is 16.7 Å². The van der Waals surface area contributed by atoms with Gasteiger partial charge in [-0.2, -0.15) is 0 Å². The Labute approximate surface area is 121 Å². The Morgan fingerprint density at radius 1 is 1.58 bits per heavy atom. The highest BCUT2D eigenvalue weighted by atomic mass is 79.9. The van der Waals surface area contributed by atoms with Crippen molar-refractivity contribution in [3.63, 3.8) is 0 Å². The third kappa shape index (κ3) is 3.52. The zero-order valence-electron chi connectivity index (χ0n) is 10.9. The summed E-state index contributed by atoms with van der Waals surface area (Å²) in [6.45, 7) is 3.85. The molecule has 2 N–H and O–H groups in total. The number of nitrogens with zero attached hydrogens (tertiary/aromatic N) is 2. The molecule has 19 heavy (non-hydrogen) atoms. The van der Waals surface area contributed by atoms with Crippen LogP contribution in [0.3, 0.4) is 0 Å². The van der Waals surface area contributed by atoms with E-state index < -0.39 is 0 Å². The van der Waals surface area contributed by atoms with Crippen LogP contribution >= 0.6 is 15.9 Å². The Kier molecular flexibility index (Phi) is 4.54. The fourth-order valence-corrected chi connectivity index (χ4v) is 2.91. The summed E-state index contributed by atoms with van der Waals surface area (Å²) in [5, 5.41) is 10.9. The molecule has 0 aliphatic carbocycles. The quantitative estimate of drug-likeness (QED) is 0.684. The largest absolute Gasteiger partial charge is 0.328 e. The minimum Gasteiger partial charge on any atom is -0.328 e. The van der Waals surface area contributed by atoms with Crippen LogP contribution < -0.4 is 5.73 Å². The highest BCUT2D eigenvalue weighted by Crippen LogP contribution is 2.27. The monoisotopic (exact) mass is 327 g/mol. The molecule has 1 saturated heterocycles. The topological polar surface area (TPSA) is 72.4 Å². The van der Waals surface area contributed by atoms with Gasteiger partial charge in [-0.25, -0.2) is 0 Å². The molecular formula is C13H18BrN3O2. The second-order valence-electron chi connectivity index (χ2n) is 5.15. The molecule has 1 aromatic rings. The molecule has 1 aliphatic rings. The fraction of sp³-hybridized carbons (Fsp3) is 0.538. The summed E-state index contributed by atoms with van der Waals surface area (Å²) in [5.74, 6) is 0. The maximum Gasteiger partial charge on any atom is 0.283 e. The first-order valence-corrected chi connectivity index (χ1v) is 7.19. The van der Waals surface area contributed by atoms with Crippen LogP contribution in [0.2, 0.25) is 0 Å². The molecule has 1 aromatic carbocycles. The fourth-order valence-electron chi connectivity index (χ4n) is 2.52. The summed E-state index contributed by atoms with van der Waals surface area (Å²) in [4.78, 5) is 12.9. The van der Waals surface area contributed by atoms with Crippen molar-refractivity contribution in [2.45, 2.75) is 38.4 Å². The van der Waals surface area contributed by atoms with Crippen LogP contribution in [0.15, 0.2) is 22.7 Å². The van der Waals surface area contributed by atoms with Crippen LogP contribution in [0.25, 0.3) is 0 Å². The predicted octanol–water partition coefficient (Wildman–Crippen LogP) is 2.67. The Morgan fingerprint density at radius 3 is 2.95 bits per heavy atom. The molecule has 6 heteroatoms. The van der Waals surface area contributed by atoms with Gasteiger partial charge in [0.25, 0.3) is 5.69 Å². The maximum atomic E-state index is 10.9. The van der Waals surface area contributed by atoms with E-state index in [1.807, 2.05) is 6.07 Å². The van der Waals surface area contributed by atoms with E-state index in [0.717, 1.165) is 31.5 Å². The normalized spacial score (nSPS) is 24.4. The van der Waals surface area contributed by atoms with E-state index in [1.165, 1.54) is 0 Å². The molecule has 104 valence electrons. The average Bonchev–Trinajstić information content (AvgIpc) is 2.34. The lowest BCUT2D eigenvalue weighted by Gasteiger charge is -2.36. The molecule has 0 radical (unpaired) electrons. The smallest absolute Gasteiger partial charge is 0.283 e. The minimum absolute atomic E-state index is 0.124. The van der Waals surface area contributed by atoms with Crippen molar-refractivity contribution in [3.8, 4) is 0 Å². The molecule has 1 fully saturated rings. The van der Waals surface area contributed by atoms with Gasteiger partial charge in [0.15, 0.2) is 0 Å². The third-order valence-corrected chi connectivity index (χ3v) is 4.32. The summed E-state index contributed by atoms with van der Waals surface area (Å²) < 4.78 is 0.523. The van der Waals surface area contributed by atoms with E-state index in [0.29, 0.717) is 10.5 Å². The van der Waals surface area contributed by atoms with Gasteiger partial charge >= 0.3 is 0 Å². The predicted molar refractivity (Wildman–Crippen MR) is 77.9 cm³/mol. The summed E-state index contributed by atoms with van der Waals surface area (Å²) in [6, 6.07) is 6.02. The molecule has 1 aliphatic heterocycles. The number of hydrogen-bond donors (Lipinski definition) is 1. The number of piperidine rings is 1. The molecule has 0 bridgehead atoms.